The second kappa shape index (κ2) is 8.42. The number of ether oxygens (including phenoxy) is 2. The lowest BCUT2D eigenvalue weighted by atomic mass is 10.2. The molecule has 2 aromatic rings. The lowest BCUT2D eigenvalue weighted by Gasteiger charge is -2.11. The van der Waals surface area contributed by atoms with Crippen LogP contribution in [-0.2, 0) is 11.4 Å². The summed E-state index contributed by atoms with van der Waals surface area (Å²) in [5.41, 5.74) is 1.68. The molecule has 0 unspecified atom stereocenters. The van der Waals surface area contributed by atoms with Gasteiger partial charge in [0.1, 0.15) is 16.8 Å². The molecule has 0 aliphatic carbocycles. The first-order valence-electron chi connectivity index (χ1n) is 7.71. The smallest absolute Gasteiger partial charge is 0.285 e. The van der Waals surface area contributed by atoms with E-state index in [0.717, 1.165) is 15.5 Å². The molecule has 26 heavy (non-hydrogen) atoms. The Morgan fingerprint density at radius 1 is 1.19 bits per heavy atom. The standard InChI is InChI=1S/C19H16FNO3S2/c1-23-16-9-13(10-17-18(22)21-19(25-2)26-17)5-8-15(16)24-11-12-3-6-14(20)7-4-12/h3-10H,11H2,1-2H3/b17-10-. The van der Waals surface area contributed by atoms with E-state index in [2.05, 4.69) is 4.99 Å². The summed E-state index contributed by atoms with van der Waals surface area (Å²) in [6.45, 7) is 0.302. The monoisotopic (exact) mass is 389 g/mol. The molecule has 0 saturated carbocycles. The number of carbonyl (C=O) groups excluding carboxylic acids is 1. The molecular formula is C19H16FNO3S2. The second-order valence-corrected chi connectivity index (χ2v) is 7.41. The number of nitrogens with zero attached hydrogens (tertiary/aromatic N) is 1. The molecule has 0 radical (unpaired) electrons. The topological polar surface area (TPSA) is 47.9 Å². The van der Waals surface area contributed by atoms with Crippen LogP contribution in [0.1, 0.15) is 11.1 Å². The van der Waals surface area contributed by atoms with Gasteiger partial charge in [-0.2, -0.15) is 4.99 Å². The molecule has 0 fully saturated rings. The van der Waals surface area contributed by atoms with E-state index in [1.54, 1.807) is 37.5 Å². The van der Waals surface area contributed by atoms with Gasteiger partial charge in [0.15, 0.2) is 11.5 Å². The molecule has 0 aromatic heterocycles. The van der Waals surface area contributed by atoms with Crippen LogP contribution in [0.5, 0.6) is 11.5 Å². The molecular weight excluding hydrogens is 373 g/mol. The largest absolute Gasteiger partial charge is 0.493 e. The Morgan fingerprint density at radius 2 is 1.96 bits per heavy atom. The third kappa shape index (κ3) is 4.47. The first-order chi connectivity index (χ1) is 12.6. The van der Waals surface area contributed by atoms with Gasteiger partial charge in [0.05, 0.1) is 12.0 Å². The highest BCUT2D eigenvalue weighted by Gasteiger charge is 2.21. The molecule has 1 amide bonds. The van der Waals surface area contributed by atoms with Gasteiger partial charge in [-0.1, -0.05) is 30.0 Å². The fraction of sp³-hybridized carbons (Fsp3) is 0.158. The van der Waals surface area contributed by atoms with Gasteiger partial charge in [-0.3, -0.25) is 4.79 Å². The first-order valence-corrected chi connectivity index (χ1v) is 9.75. The van der Waals surface area contributed by atoms with Crippen LogP contribution in [0, 0.1) is 5.82 Å². The molecule has 1 aliphatic heterocycles. The number of hydrogen-bond acceptors (Lipinski definition) is 5. The summed E-state index contributed by atoms with van der Waals surface area (Å²) in [5.74, 6) is 0.625. The minimum atomic E-state index is -0.281. The van der Waals surface area contributed by atoms with Gasteiger partial charge < -0.3 is 9.47 Å². The number of rotatable bonds is 5. The number of amides is 1. The van der Waals surface area contributed by atoms with Crippen LogP contribution < -0.4 is 9.47 Å². The quantitative estimate of drug-likeness (QED) is 0.691. The van der Waals surface area contributed by atoms with E-state index in [1.165, 1.54) is 35.7 Å². The van der Waals surface area contributed by atoms with Crippen molar-refractivity contribution < 1.29 is 18.7 Å². The first kappa shape index (κ1) is 18.5. The molecule has 1 heterocycles. The number of hydrogen-bond donors (Lipinski definition) is 0. The summed E-state index contributed by atoms with van der Waals surface area (Å²) in [6, 6.07) is 11.6. The SMILES string of the molecule is COc1cc(/C=C2\SC(SC)=NC2=O)ccc1OCc1ccc(F)cc1. The fourth-order valence-electron chi connectivity index (χ4n) is 2.26. The summed E-state index contributed by atoms with van der Waals surface area (Å²) in [6.07, 6.45) is 3.67. The highest BCUT2D eigenvalue weighted by molar-refractivity contribution is 8.40. The summed E-state index contributed by atoms with van der Waals surface area (Å²) in [7, 11) is 1.56. The van der Waals surface area contributed by atoms with Crippen molar-refractivity contribution in [3.05, 3.63) is 64.3 Å². The minimum Gasteiger partial charge on any atom is -0.493 e. The van der Waals surface area contributed by atoms with Crippen molar-refractivity contribution >= 4 is 39.9 Å². The Balaban J connectivity index is 1.73. The van der Waals surface area contributed by atoms with Gasteiger partial charge in [-0.15, -0.1) is 11.8 Å². The van der Waals surface area contributed by atoms with E-state index < -0.39 is 0 Å². The van der Waals surface area contributed by atoms with Gasteiger partial charge in [-0.05, 0) is 47.7 Å². The van der Waals surface area contributed by atoms with E-state index in [1.807, 2.05) is 12.3 Å². The van der Waals surface area contributed by atoms with Crippen LogP contribution in [0.3, 0.4) is 0 Å². The van der Waals surface area contributed by atoms with Crippen LogP contribution >= 0.6 is 23.5 Å². The zero-order valence-corrected chi connectivity index (χ0v) is 15.8. The summed E-state index contributed by atoms with van der Waals surface area (Å²) in [5, 5.41) is 0. The summed E-state index contributed by atoms with van der Waals surface area (Å²) < 4.78 is 24.9. The van der Waals surface area contributed by atoms with Crippen LogP contribution in [0.2, 0.25) is 0 Å². The predicted octanol–water partition coefficient (Wildman–Crippen LogP) is 4.75. The number of thioether (sulfide) groups is 2. The molecule has 3 rings (SSSR count). The average molecular weight is 389 g/mol. The fourth-order valence-corrected chi connectivity index (χ4v) is 3.68. The van der Waals surface area contributed by atoms with Crippen molar-refractivity contribution in [1.82, 2.24) is 0 Å². The lowest BCUT2D eigenvalue weighted by molar-refractivity contribution is -0.113. The molecule has 2 aromatic carbocycles. The predicted molar refractivity (Wildman–Crippen MR) is 105 cm³/mol. The Morgan fingerprint density at radius 3 is 2.62 bits per heavy atom. The molecule has 0 N–H and O–H groups in total. The van der Waals surface area contributed by atoms with E-state index in [0.29, 0.717) is 23.0 Å². The Bertz CT molecular complexity index is 879. The number of benzene rings is 2. The highest BCUT2D eigenvalue weighted by Crippen LogP contribution is 2.35. The zero-order valence-electron chi connectivity index (χ0n) is 14.2. The molecule has 0 spiro atoms. The maximum Gasteiger partial charge on any atom is 0.285 e. The number of aliphatic imine (C=N–C) groups is 1. The van der Waals surface area contributed by atoms with Crippen molar-refractivity contribution in [2.24, 2.45) is 4.99 Å². The summed E-state index contributed by atoms with van der Waals surface area (Å²) >= 11 is 2.81. The maximum absolute atomic E-state index is 13.0. The van der Waals surface area contributed by atoms with Crippen molar-refractivity contribution in [1.29, 1.82) is 0 Å². The van der Waals surface area contributed by atoms with E-state index in [9.17, 15) is 9.18 Å². The third-order valence-corrected chi connectivity index (χ3v) is 5.54. The van der Waals surface area contributed by atoms with E-state index >= 15 is 0 Å². The molecule has 134 valence electrons. The number of methoxy groups -OCH3 is 1. The molecule has 0 bridgehead atoms. The number of carbonyl (C=O) groups is 1. The maximum atomic E-state index is 13.0. The van der Waals surface area contributed by atoms with Crippen molar-refractivity contribution in [2.75, 3.05) is 13.4 Å². The third-order valence-electron chi connectivity index (χ3n) is 3.57. The van der Waals surface area contributed by atoms with Gasteiger partial charge in [0, 0.05) is 0 Å². The van der Waals surface area contributed by atoms with Crippen LogP contribution in [0.15, 0.2) is 52.4 Å². The Labute approximate surface area is 159 Å². The average Bonchev–Trinajstić information content (AvgIpc) is 3.01. The van der Waals surface area contributed by atoms with Crippen LogP contribution in [-0.4, -0.2) is 23.6 Å². The second-order valence-electron chi connectivity index (χ2n) is 5.32. The molecule has 7 heteroatoms. The van der Waals surface area contributed by atoms with Gasteiger partial charge in [0.2, 0.25) is 0 Å². The molecule has 0 atom stereocenters. The zero-order chi connectivity index (χ0) is 18.5. The normalized spacial score (nSPS) is 15.3. The van der Waals surface area contributed by atoms with E-state index in [-0.39, 0.29) is 11.7 Å². The molecule has 4 nitrogen and oxygen atoms in total. The van der Waals surface area contributed by atoms with Crippen molar-refractivity contribution in [3.8, 4) is 11.5 Å². The Hall–Kier alpha value is -2.25. The molecule has 1 aliphatic rings. The minimum absolute atomic E-state index is 0.227. The van der Waals surface area contributed by atoms with Crippen molar-refractivity contribution in [3.63, 3.8) is 0 Å². The van der Waals surface area contributed by atoms with Crippen LogP contribution in [0.4, 0.5) is 4.39 Å². The van der Waals surface area contributed by atoms with Gasteiger partial charge in [0.25, 0.3) is 5.91 Å². The summed E-state index contributed by atoms with van der Waals surface area (Å²) in [4.78, 5) is 16.4. The van der Waals surface area contributed by atoms with Gasteiger partial charge in [-0.25, -0.2) is 4.39 Å². The van der Waals surface area contributed by atoms with E-state index in [4.69, 9.17) is 9.47 Å². The highest BCUT2D eigenvalue weighted by atomic mass is 32.2. The molecule has 0 saturated heterocycles. The number of halogens is 1. The lowest BCUT2D eigenvalue weighted by Crippen LogP contribution is -1.98. The van der Waals surface area contributed by atoms with Crippen LogP contribution in [0.25, 0.3) is 6.08 Å². The van der Waals surface area contributed by atoms with Gasteiger partial charge >= 0.3 is 0 Å². The Kier molecular flexibility index (Phi) is 6.00. The van der Waals surface area contributed by atoms with Crippen molar-refractivity contribution in [2.45, 2.75) is 6.61 Å².